The predicted octanol–water partition coefficient (Wildman–Crippen LogP) is 6.62. The van der Waals surface area contributed by atoms with Gasteiger partial charge in [-0.05, 0) is 65.7 Å². The lowest BCUT2D eigenvalue weighted by Crippen LogP contribution is -2.42. The molecule has 4 nitrogen and oxygen atoms in total. The first kappa shape index (κ1) is 25.9. The molecule has 4 rings (SSSR count). The van der Waals surface area contributed by atoms with E-state index in [-0.39, 0.29) is 17.5 Å². The lowest BCUT2D eigenvalue weighted by Gasteiger charge is -2.20. The van der Waals surface area contributed by atoms with Crippen molar-refractivity contribution in [3.63, 3.8) is 0 Å². The molecule has 1 atom stereocenters. The van der Waals surface area contributed by atoms with E-state index in [0.29, 0.717) is 23.3 Å². The number of carbonyl (C=O) groups is 2. The van der Waals surface area contributed by atoms with E-state index in [9.17, 15) is 27.2 Å². The molecule has 0 radical (unpaired) electrons. The van der Waals surface area contributed by atoms with Crippen molar-refractivity contribution in [2.24, 2.45) is 0 Å². The fourth-order valence-corrected chi connectivity index (χ4v) is 4.08. The summed E-state index contributed by atoms with van der Waals surface area (Å²) in [6.45, 7) is 2.09. The van der Waals surface area contributed by atoms with Crippen molar-refractivity contribution in [3.8, 4) is 5.75 Å². The summed E-state index contributed by atoms with van der Waals surface area (Å²) in [5.74, 6) is -1.28. The Kier molecular flexibility index (Phi) is 7.57. The zero-order valence-corrected chi connectivity index (χ0v) is 19.8. The summed E-state index contributed by atoms with van der Waals surface area (Å²) in [4.78, 5) is 27.0. The summed E-state index contributed by atoms with van der Waals surface area (Å²) < 4.78 is 58.1. The van der Waals surface area contributed by atoms with Crippen LogP contribution in [-0.4, -0.2) is 24.3 Å². The van der Waals surface area contributed by atoms with Gasteiger partial charge in [0.2, 0.25) is 0 Å². The van der Waals surface area contributed by atoms with Crippen LogP contribution in [0.1, 0.15) is 38.8 Å². The summed E-state index contributed by atoms with van der Waals surface area (Å²) in [6.07, 6.45) is -4.57. The van der Waals surface area contributed by atoms with E-state index in [0.717, 1.165) is 29.7 Å². The number of hydrogen-bond donors (Lipinski definition) is 1. The number of amides is 1. The van der Waals surface area contributed by atoms with Crippen LogP contribution in [0.2, 0.25) is 0 Å². The van der Waals surface area contributed by atoms with Gasteiger partial charge in [-0.1, -0.05) is 42.5 Å². The molecule has 0 fully saturated rings. The second-order valence-corrected chi connectivity index (χ2v) is 8.39. The van der Waals surface area contributed by atoms with Crippen LogP contribution < -0.4 is 10.1 Å². The Labute approximate surface area is 210 Å². The molecule has 0 aliphatic heterocycles. The topological polar surface area (TPSA) is 55.4 Å². The first-order valence-corrected chi connectivity index (χ1v) is 11.6. The van der Waals surface area contributed by atoms with Gasteiger partial charge in [0.05, 0.1) is 23.8 Å². The maximum Gasteiger partial charge on any atom is 0.416 e. The first-order chi connectivity index (χ1) is 17.7. The van der Waals surface area contributed by atoms with E-state index >= 15 is 0 Å². The van der Waals surface area contributed by atoms with Crippen molar-refractivity contribution in [3.05, 3.63) is 113 Å². The zero-order valence-electron chi connectivity index (χ0n) is 19.8. The molecule has 0 saturated carbocycles. The molecule has 4 aromatic carbocycles. The molecule has 0 bridgehead atoms. The van der Waals surface area contributed by atoms with Gasteiger partial charge in [-0.15, -0.1) is 0 Å². The summed E-state index contributed by atoms with van der Waals surface area (Å²) in [5, 5.41) is 4.16. The third-order valence-electron chi connectivity index (χ3n) is 5.89. The molecule has 1 unspecified atom stereocenters. The Morgan fingerprint density at radius 1 is 0.892 bits per heavy atom. The fourth-order valence-electron chi connectivity index (χ4n) is 4.08. The molecule has 0 heterocycles. The average molecular weight is 509 g/mol. The van der Waals surface area contributed by atoms with E-state index in [1.165, 1.54) is 24.3 Å². The first-order valence-electron chi connectivity index (χ1n) is 11.6. The Morgan fingerprint density at radius 3 is 2.22 bits per heavy atom. The SMILES string of the molecule is CCOc1ccc2ccccc2c1C(=O)NC(Cc1ccc(C(F)(F)F)cc1)C(=O)c1ccc(F)cc1. The van der Waals surface area contributed by atoms with Crippen LogP contribution >= 0.6 is 0 Å². The van der Waals surface area contributed by atoms with Gasteiger partial charge in [-0.2, -0.15) is 13.2 Å². The average Bonchev–Trinajstić information content (AvgIpc) is 2.88. The molecule has 0 spiro atoms. The molecule has 0 aliphatic carbocycles. The lowest BCUT2D eigenvalue weighted by molar-refractivity contribution is -0.137. The highest BCUT2D eigenvalue weighted by Gasteiger charge is 2.31. The minimum Gasteiger partial charge on any atom is -0.493 e. The molecular formula is C29H23F4NO3. The van der Waals surface area contributed by atoms with Gasteiger partial charge in [0.25, 0.3) is 5.91 Å². The molecule has 8 heteroatoms. The van der Waals surface area contributed by atoms with E-state index in [4.69, 9.17) is 4.74 Å². The van der Waals surface area contributed by atoms with Crippen LogP contribution in [0.25, 0.3) is 10.8 Å². The standard InChI is InChI=1S/C29H23F4NO3/c1-2-37-25-16-11-19-5-3-4-6-23(19)26(25)28(36)34-24(27(35)20-9-14-22(30)15-10-20)17-18-7-12-21(13-8-18)29(31,32)33/h3-16,24H,2,17H2,1H3,(H,34,36). The number of Topliss-reactive ketones (excluding diaryl/α,β-unsaturated/α-hetero) is 1. The number of carbonyl (C=O) groups excluding carboxylic acids is 2. The molecule has 190 valence electrons. The van der Waals surface area contributed by atoms with E-state index in [2.05, 4.69) is 5.32 Å². The van der Waals surface area contributed by atoms with Crippen LogP contribution in [0.5, 0.6) is 5.75 Å². The molecule has 0 aromatic heterocycles. The molecule has 4 aromatic rings. The predicted molar refractivity (Wildman–Crippen MR) is 132 cm³/mol. The van der Waals surface area contributed by atoms with Gasteiger partial charge in [0.1, 0.15) is 11.6 Å². The summed E-state index contributed by atoms with van der Waals surface area (Å²) in [6, 6.07) is 18.8. The largest absolute Gasteiger partial charge is 0.493 e. The number of halogens is 4. The second kappa shape index (κ2) is 10.8. The van der Waals surface area contributed by atoms with Crippen molar-refractivity contribution in [1.82, 2.24) is 5.32 Å². The molecule has 1 N–H and O–H groups in total. The molecule has 0 aliphatic rings. The van der Waals surface area contributed by atoms with Gasteiger partial charge < -0.3 is 10.1 Å². The maximum absolute atomic E-state index is 13.6. The number of rotatable bonds is 8. The van der Waals surface area contributed by atoms with Gasteiger partial charge >= 0.3 is 6.18 Å². The number of hydrogen-bond acceptors (Lipinski definition) is 3. The lowest BCUT2D eigenvalue weighted by atomic mass is 9.96. The highest BCUT2D eigenvalue weighted by Crippen LogP contribution is 2.30. The third-order valence-corrected chi connectivity index (χ3v) is 5.89. The maximum atomic E-state index is 13.6. The van der Waals surface area contributed by atoms with Gasteiger partial charge in [-0.3, -0.25) is 9.59 Å². The van der Waals surface area contributed by atoms with Gasteiger partial charge in [0, 0.05) is 12.0 Å². The molecule has 1 amide bonds. The van der Waals surface area contributed by atoms with Crippen LogP contribution in [0, 0.1) is 5.82 Å². The van der Waals surface area contributed by atoms with Crippen molar-refractivity contribution in [2.45, 2.75) is 25.6 Å². The van der Waals surface area contributed by atoms with Gasteiger partial charge in [-0.25, -0.2) is 4.39 Å². The second-order valence-electron chi connectivity index (χ2n) is 8.39. The fraction of sp³-hybridized carbons (Fsp3) is 0.172. The third kappa shape index (κ3) is 5.97. The van der Waals surface area contributed by atoms with Crippen molar-refractivity contribution in [2.75, 3.05) is 6.61 Å². The monoisotopic (exact) mass is 509 g/mol. The molecule has 37 heavy (non-hydrogen) atoms. The van der Waals surface area contributed by atoms with E-state index in [1.807, 2.05) is 18.2 Å². The number of fused-ring (bicyclic) bond motifs is 1. The Bertz CT molecular complexity index is 1410. The Morgan fingerprint density at radius 2 is 1.57 bits per heavy atom. The quantitative estimate of drug-likeness (QED) is 0.215. The summed E-state index contributed by atoms with van der Waals surface area (Å²) in [7, 11) is 0. The highest BCUT2D eigenvalue weighted by atomic mass is 19.4. The molecule has 0 saturated heterocycles. The number of ketones is 1. The summed E-state index contributed by atoms with van der Waals surface area (Å²) >= 11 is 0. The Hall–Kier alpha value is -4.20. The zero-order chi connectivity index (χ0) is 26.6. The van der Waals surface area contributed by atoms with Crippen LogP contribution in [0.3, 0.4) is 0 Å². The van der Waals surface area contributed by atoms with Crippen LogP contribution in [-0.2, 0) is 12.6 Å². The minimum atomic E-state index is -4.50. The number of ether oxygens (including phenoxy) is 1. The van der Waals surface area contributed by atoms with Crippen LogP contribution in [0.4, 0.5) is 17.6 Å². The number of nitrogens with one attached hydrogen (secondary N) is 1. The van der Waals surface area contributed by atoms with Crippen LogP contribution in [0.15, 0.2) is 84.9 Å². The van der Waals surface area contributed by atoms with Crippen molar-refractivity contribution in [1.29, 1.82) is 0 Å². The summed E-state index contributed by atoms with van der Waals surface area (Å²) in [5.41, 5.74) is -0.0126. The normalized spacial score (nSPS) is 12.2. The van der Waals surface area contributed by atoms with E-state index < -0.39 is 35.3 Å². The van der Waals surface area contributed by atoms with E-state index in [1.54, 1.807) is 25.1 Å². The van der Waals surface area contributed by atoms with Gasteiger partial charge in [0.15, 0.2) is 5.78 Å². The Balaban J connectivity index is 1.70. The van der Waals surface area contributed by atoms with Crippen molar-refractivity contribution < 1.29 is 31.9 Å². The number of alkyl halides is 3. The minimum absolute atomic E-state index is 0.0746. The smallest absolute Gasteiger partial charge is 0.416 e. The highest BCUT2D eigenvalue weighted by molar-refractivity contribution is 6.11. The molecular weight excluding hydrogens is 486 g/mol. The number of benzene rings is 4. The van der Waals surface area contributed by atoms with Crippen molar-refractivity contribution >= 4 is 22.5 Å².